The minimum Gasteiger partial charge on any atom is -0.503 e. The van der Waals surface area contributed by atoms with E-state index in [0.29, 0.717) is 5.56 Å². The van der Waals surface area contributed by atoms with Crippen LogP contribution in [0.3, 0.4) is 0 Å². The number of aliphatic hydroxyl groups excluding tert-OH is 1. The molecule has 1 aliphatic heterocycles. The van der Waals surface area contributed by atoms with Crippen LogP contribution in [0, 0.1) is 5.82 Å². The summed E-state index contributed by atoms with van der Waals surface area (Å²) in [4.78, 5) is 25.2. The first-order valence-corrected chi connectivity index (χ1v) is 6.59. The minimum atomic E-state index is -0.809. The zero-order chi connectivity index (χ0) is 15.7. The third kappa shape index (κ3) is 2.80. The number of aliphatic hydroxyl groups is 1. The highest BCUT2D eigenvalue weighted by Crippen LogP contribution is 2.37. The standard InChI is InChI=1S/C15H17FN2O3/c1-8(17)7-18-13(10-4-3-5-11(16)6-10)12(9(2)19)14(20)15(18)21/h3-6,8,13,20H,7,17H2,1-2H3/t8-,13+/m1/s1. The van der Waals surface area contributed by atoms with Gasteiger partial charge in [-0.2, -0.15) is 0 Å². The molecule has 0 saturated carbocycles. The maximum Gasteiger partial charge on any atom is 0.290 e. The molecule has 6 heteroatoms. The van der Waals surface area contributed by atoms with Crippen LogP contribution in [0.4, 0.5) is 4.39 Å². The summed E-state index contributed by atoms with van der Waals surface area (Å²) in [6.45, 7) is 3.13. The van der Waals surface area contributed by atoms with Gasteiger partial charge in [0, 0.05) is 12.6 Å². The van der Waals surface area contributed by atoms with E-state index < -0.39 is 29.3 Å². The maximum atomic E-state index is 13.4. The van der Waals surface area contributed by atoms with Crippen molar-refractivity contribution in [3.8, 4) is 0 Å². The molecule has 1 aromatic carbocycles. The van der Waals surface area contributed by atoms with Gasteiger partial charge >= 0.3 is 0 Å². The van der Waals surface area contributed by atoms with Gasteiger partial charge in [-0.3, -0.25) is 9.59 Å². The van der Waals surface area contributed by atoms with E-state index in [-0.39, 0.29) is 18.2 Å². The molecule has 0 bridgehead atoms. The molecular weight excluding hydrogens is 275 g/mol. The SMILES string of the molecule is CC(=O)C1=C(O)C(=O)N(C[C@@H](C)N)[C@H]1c1cccc(F)c1. The summed E-state index contributed by atoms with van der Waals surface area (Å²) in [5, 5.41) is 9.95. The minimum absolute atomic E-state index is 0.0220. The summed E-state index contributed by atoms with van der Waals surface area (Å²) in [6, 6.07) is 4.46. The Morgan fingerprint density at radius 3 is 2.71 bits per heavy atom. The molecule has 1 aromatic rings. The molecule has 3 N–H and O–H groups in total. The van der Waals surface area contributed by atoms with Gasteiger partial charge in [0.25, 0.3) is 5.91 Å². The van der Waals surface area contributed by atoms with Crippen molar-refractivity contribution < 1.29 is 19.1 Å². The predicted octanol–water partition coefficient (Wildman–Crippen LogP) is 1.46. The van der Waals surface area contributed by atoms with E-state index in [1.807, 2.05) is 0 Å². The summed E-state index contributed by atoms with van der Waals surface area (Å²) in [7, 11) is 0. The van der Waals surface area contributed by atoms with Crippen LogP contribution in [-0.2, 0) is 9.59 Å². The van der Waals surface area contributed by atoms with E-state index in [9.17, 15) is 19.1 Å². The van der Waals surface area contributed by atoms with E-state index in [2.05, 4.69) is 0 Å². The average molecular weight is 292 g/mol. The molecule has 0 fully saturated rings. The number of nitrogens with zero attached hydrogens (tertiary/aromatic N) is 1. The fraction of sp³-hybridized carbons (Fsp3) is 0.333. The largest absolute Gasteiger partial charge is 0.503 e. The van der Waals surface area contributed by atoms with E-state index in [1.54, 1.807) is 13.0 Å². The summed E-state index contributed by atoms with van der Waals surface area (Å²) < 4.78 is 13.4. The van der Waals surface area contributed by atoms with Crippen LogP contribution in [0.25, 0.3) is 0 Å². The molecule has 112 valence electrons. The molecule has 1 heterocycles. The zero-order valence-corrected chi connectivity index (χ0v) is 11.8. The van der Waals surface area contributed by atoms with E-state index >= 15 is 0 Å². The van der Waals surface area contributed by atoms with Crippen LogP contribution in [0.2, 0.25) is 0 Å². The van der Waals surface area contributed by atoms with Gasteiger partial charge in [-0.25, -0.2) is 4.39 Å². The molecule has 0 aromatic heterocycles. The summed E-state index contributed by atoms with van der Waals surface area (Å²) in [5.74, 6) is -2.15. The number of carbonyl (C=O) groups excluding carboxylic acids is 2. The molecule has 1 amide bonds. The second-order valence-corrected chi connectivity index (χ2v) is 5.21. The Bertz CT molecular complexity index is 625. The molecule has 0 radical (unpaired) electrons. The Labute approximate surface area is 121 Å². The van der Waals surface area contributed by atoms with Gasteiger partial charge in [-0.15, -0.1) is 0 Å². The predicted molar refractivity (Wildman–Crippen MR) is 74.8 cm³/mol. The third-order valence-electron chi connectivity index (χ3n) is 3.33. The topological polar surface area (TPSA) is 83.6 Å². The van der Waals surface area contributed by atoms with E-state index in [0.717, 1.165) is 0 Å². The summed E-state index contributed by atoms with van der Waals surface area (Å²) in [6.07, 6.45) is 0. The third-order valence-corrected chi connectivity index (χ3v) is 3.33. The number of hydrogen-bond acceptors (Lipinski definition) is 4. The molecule has 0 aliphatic carbocycles. The van der Waals surface area contributed by atoms with Gasteiger partial charge in [0.1, 0.15) is 5.82 Å². The normalized spacial score (nSPS) is 20.1. The first kappa shape index (κ1) is 15.2. The van der Waals surface area contributed by atoms with Crippen LogP contribution in [-0.4, -0.2) is 34.3 Å². The van der Waals surface area contributed by atoms with Crippen LogP contribution in [0.1, 0.15) is 25.5 Å². The second kappa shape index (κ2) is 5.65. The smallest absolute Gasteiger partial charge is 0.290 e. The maximum absolute atomic E-state index is 13.4. The van der Waals surface area contributed by atoms with Crippen LogP contribution in [0.5, 0.6) is 0 Å². The van der Waals surface area contributed by atoms with Crippen molar-refractivity contribution in [2.24, 2.45) is 5.73 Å². The Hall–Kier alpha value is -2.21. The number of carbonyl (C=O) groups is 2. The molecule has 0 unspecified atom stereocenters. The monoisotopic (exact) mass is 292 g/mol. The van der Waals surface area contributed by atoms with Gasteiger partial charge in [0.2, 0.25) is 0 Å². The van der Waals surface area contributed by atoms with Gasteiger partial charge in [-0.1, -0.05) is 12.1 Å². The quantitative estimate of drug-likeness (QED) is 0.880. The number of amides is 1. The molecule has 2 rings (SSSR count). The van der Waals surface area contributed by atoms with Crippen LogP contribution >= 0.6 is 0 Å². The zero-order valence-electron chi connectivity index (χ0n) is 11.8. The molecular formula is C15H17FN2O3. The number of rotatable bonds is 4. The van der Waals surface area contributed by atoms with Gasteiger partial charge < -0.3 is 15.7 Å². The lowest BCUT2D eigenvalue weighted by Crippen LogP contribution is -2.39. The molecule has 0 spiro atoms. The van der Waals surface area contributed by atoms with Gasteiger partial charge in [-0.05, 0) is 31.5 Å². The van der Waals surface area contributed by atoms with Crippen molar-refractivity contribution in [2.45, 2.75) is 25.9 Å². The first-order chi connectivity index (χ1) is 9.82. The van der Waals surface area contributed by atoms with Crippen LogP contribution < -0.4 is 5.73 Å². The van der Waals surface area contributed by atoms with Crippen molar-refractivity contribution in [3.05, 3.63) is 47.0 Å². The van der Waals surface area contributed by atoms with Crippen molar-refractivity contribution in [1.29, 1.82) is 0 Å². The highest BCUT2D eigenvalue weighted by Gasteiger charge is 2.42. The number of hydrogen-bond donors (Lipinski definition) is 2. The highest BCUT2D eigenvalue weighted by molar-refractivity contribution is 6.08. The average Bonchev–Trinajstić information content (AvgIpc) is 2.63. The van der Waals surface area contributed by atoms with Crippen molar-refractivity contribution in [3.63, 3.8) is 0 Å². The van der Waals surface area contributed by atoms with Crippen molar-refractivity contribution >= 4 is 11.7 Å². The molecule has 2 atom stereocenters. The van der Waals surface area contributed by atoms with Crippen LogP contribution in [0.15, 0.2) is 35.6 Å². The molecule has 21 heavy (non-hydrogen) atoms. The molecule has 0 saturated heterocycles. The Morgan fingerprint density at radius 1 is 1.52 bits per heavy atom. The summed E-state index contributed by atoms with van der Waals surface area (Å²) in [5.41, 5.74) is 6.13. The Kier molecular flexibility index (Phi) is 4.09. The fourth-order valence-corrected chi connectivity index (χ4v) is 2.53. The number of ketones is 1. The lowest BCUT2D eigenvalue weighted by molar-refractivity contribution is -0.129. The second-order valence-electron chi connectivity index (χ2n) is 5.21. The lowest BCUT2D eigenvalue weighted by atomic mass is 9.96. The highest BCUT2D eigenvalue weighted by atomic mass is 19.1. The Morgan fingerprint density at radius 2 is 2.19 bits per heavy atom. The fourth-order valence-electron chi connectivity index (χ4n) is 2.53. The van der Waals surface area contributed by atoms with E-state index in [1.165, 1.54) is 30.0 Å². The number of halogens is 1. The number of Topliss-reactive ketones (excluding diaryl/α,β-unsaturated/α-hetero) is 1. The van der Waals surface area contributed by atoms with Gasteiger partial charge in [0.15, 0.2) is 11.5 Å². The Balaban J connectivity index is 2.54. The van der Waals surface area contributed by atoms with Crippen molar-refractivity contribution in [1.82, 2.24) is 4.90 Å². The lowest BCUT2D eigenvalue weighted by Gasteiger charge is -2.28. The van der Waals surface area contributed by atoms with Gasteiger partial charge in [0.05, 0.1) is 11.6 Å². The van der Waals surface area contributed by atoms with E-state index in [4.69, 9.17) is 5.73 Å². The molecule has 1 aliphatic rings. The number of benzene rings is 1. The first-order valence-electron chi connectivity index (χ1n) is 6.59. The summed E-state index contributed by atoms with van der Waals surface area (Å²) >= 11 is 0. The van der Waals surface area contributed by atoms with Crippen molar-refractivity contribution in [2.75, 3.05) is 6.54 Å². The molecule has 5 nitrogen and oxygen atoms in total. The number of nitrogens with two attached hydrogens (primary N) is 1.